The molecule has 0 bridgehead atoms. The Morgan fingerprint density at radius 2 is 1.47 bits per heavy atom. The summed E-state index contributed by atoms with van der Waals surface area (Å²) in [5.41, 5.74) is 2.26. The summed E-state index contributed by atoms with van der Waals surface area (Å²) in [5.74, 6) is 0.267. The third-order valence-corrected chi connectivity index (χ3v) is 5.35. The molecule has 5 nitrogen and oxygen atoms in total. The number of phenolic OH excluding ortho intramolecular Hbond substituents is 1. The number of nitrogens with zero attached hydrogens (tertiary/aromatic N) is 3. The maximum Gasteiger partial charge on any atom is 0.182 e. The first-order valence-corrected chi connectivity index (χ1v) is 11.7. The highest BCUT2D eigenvalue weighted by molar-refractivity contribution is 6.30. The van der Waals surface area contributed by atoms with Crippen LogP contribution >= 0.6 is 11.6 Å². The molecule has 0 aliphatic heterocycles. The van der Waals surface area contributed by atoms with Crippen LogP contribution in [0.15, 0.2) is 52.7 Å². The van der Waals surface area contributed by atoms with Crippen molar-refractivity contribution in [2.75, 3.05) is 27.4 Å². The first-order chi connectivity index (χ1) is 14.9. The number of benzene rings is 2. The number of quaternary nitrogens is 1. The molecular weight excluding hydrogens is 445 g/mol. The molecule has 0 radical (unpaired) electrons. The van der Waals surface area contributed by atoms with E-state index in [9.17, 15) is 5.11 Å². The third kappa shape index (κ3) is 11.3. The molecule has 0 atom stereocenters. The minimum absolute atomic E-state index is 0. The van der Waals surface area contributed by atoms with Gasteiger partial charge < -0.3 is 26.7 Å². The Morgan fingerprint density at radius 1 is 0.875 bits per heavy atom. The molecule has 2 aromatic carbocycles. The van der Waals surface area contributed by atoms with Crippen molar-refractivity contribution in [1.29, 1.82) is 0 Å². The highest BCUT2D eigenvalue weighted by atomic mass is 35.5. The van der Waals surface area contributed by atoms with Gasteiger partial charge >= 0.3 is 0 Å². The number of azo groups is 1. The molecular formula is C25H37Cl2N3O2. The zero-order valence-corrected chi connectivity index (χ0v) is 21.1. The van der Waals surface area contributed by atoms with E-state index in [4.69, 9.17) is 16.3 Å². The number of phenols is 1. The Balaban J connectivity index is 0.00000512. The summed E-state index contributed by atoms with van der Waals surface area (Å²) in [6.45, 7) is 4.28. The van der Waals surface area contributed by atoms with Gasteiger partial charge in [0.15, 0.2) is 6.73 Å². The number of unbranched alkanes of at least 4 members (excludes halogenated alkanes) is 6. The van der Waals surface area contributed by atoms with Gasteiger partial charge in [0.1, 0.15) is 12.3 Å². The second-order valence-corrected chi connectivity index (χ2v) is 9.18. The lowest BCUT2D eigenvalue weighted by Gasteiger charge is -2.29. The van der Waals surface area contributed by atoms with Gasteiger partial charge in [-0.1, -0.05) is 57.0 Å². The molecule has 2 aromatic rings. The second kappa shape index (κ2) is 15.2. The summed E-state index contributed by atoms with van der Waals surface area (Å²) in [5, 5.41) is 19.5. The van der Waals surface area contributed by atoms with Gasteiger partial charge in [-0.3, -0.25) is 0 Å². The molecule has 0 aliphatic carbocycles. The largest absolute Gasteiger partial charge is 1.00 e. The van der Waals surface area contributed by atoms with E-state index in [-0.39, 0.29) is 18.2 Å². The van der Waals surface area contributed by atoms with Crippen molar-refractivity contribution >= 4 is 23.0 Å². The zero-order chi connectivity index (χ0) is 22.5. The first kappa shape index (κ1) is 28.4. The van der Waals surface area contributed by atoms with E-state index in [2.05, 4.69) is 31.2 Å². The van der Waals surface area contributed by atoms with Gasteiger partial charge in [0.05, 0.1) is 37.6 Å². The monoisotopic (exact) mass is 481 g/mol. The van der Waals surface area contributed by atoms with E-state index >= 15 is 0 Å². The van der Waals surface area contributed by atoms with Crippen molar-refractivity contribution < 1.29 is 26.7 Å². The van der Waals surface area contributed by atoms with Crippen LogP contribution in [0.1, 0.15) is 57.4 Å². The van der Waals surface area contributed by atoms with Crippen molar-refractivity contribution in [1.82, 2.24) is 0 Å². The van der Waals surface area contributed by atoms with E-state index in [1.807, 2.05) is 18.2 Å². The van der Waals surface area contributed by atoms with Crippen molar-refractivity contribution in [2.24, 2.45) is 10.2 Å². The Bertz CT molecular complexity index is 811. The molecule has 0 saturated carbocycles. The van der Waals surface area contributed by atoms with Gasteiger partial charge in [-0.15, -0.1) is 0 Å². The molecule has 0 aromatic heterocycles. The predicted molar refractivity (Wildman–Crippen MR) is 128 cm³/mol. The number of rotatable bonds is 14. The summed E-state index contributed by atoms with van der Waals surface area (Å²) in [6, 6.07) is 12.5. The molecule has 7 heteroatoms. The average Bonchev–Trinajstić information content (AvgIpc) is 2.74. The van der Waals surface area contributed by atoms with Crippen LogP contribution in [-0.4, -0.2) is 37.0 Å². The van der Waals surface area contributed by atoms with Crippen LogP contribution in [0.25, 0.3) is 0 Å². The average molecular weight is 482 g/mol. The van der Waals surface area contributed by atoms with E-state index < -0.39 is 0 Å². The Morgan fingerprint density at radius 3 is 2.16 bits per heavy atom. The summed E-state index contributed by atoms with van der Waals surface area (Å²) in [7, 11) is 4.21. The van der Waals surface area contributed by atoms with E-state index in [1.165, 1.54) is 38.5 Å². The van der Waals surface area contributed by atoms with Crippen molar-refractivity contribution in [3.63, 3.8) is 0 Å². The van der Waals surface area contributed by atoms with E-state index in [0.717, 1.165) is 24.3 Å². The van der Waals surface area contributed by atoms with Crippen LogP contribution in [0.5, 0.6) is 5.75 Å². The van der Waals surface area contributed by atoms with Gasteiger partial charge in [0.25, 0.3) is 0 Å². The first-order valence-electron chi connectivity index (χ1n) is 11.3. The third-order valence-electron chi connectivity index (χ3n) is 5.10. The molecule has 0 saturated heterocycles. The molecule has 0 heterocycles. The van der Waals surface area contributed by atoms with Crippen molar-refractivity contribution in [3.8, 4) is 5.75 Å². The maximum atomic E-state index is 10.3. The fraction of sp³-hybridized carbons (Fsp3) is 0.520. The lowest BCUT2D eigenvalue weighted by atomic mass is 10.1. The molecule has 0 fully saturated rings. The molecule has 32 heavy (non-hydrogen) atoms. The zero-order valence-electron chi connectivity index (χ0n) is 19.6. The lowest BCUT2D eigenvalue weighted by Crippen LogP contribution is -3.00. The van der Waals surface area contributed by atoms with Crippen LogP contribution in [0, 0.1) is 0 Å². The second-order valence-electron chi connectivity index (χ2n) is 8.74. The molecule has 0 unspecified atom stereocenters. The predicted octanol–water partition coefficient (Wildman–Crippen LogP) is 4.77. The SMILES string of the molecule is CCCCCCCCCOC[N+](C)(C)Cc1cc(N=Nc2ccc(Cl)cc2)ccc1O.[Cl-]. The van der Waals surface area contributed by atoms with Crippen molar-refractivity contribution in [2.45, 2.75) is 58.4 Å². The lowest BCUT2D eigenvalue weighted by molar-refractivity contribution is -0.922. The van der Waals surface area contributed by atoms with E-state index in [1.54, 1.807) is 24.3 Å². The molecule has 1 N–H and O–H groups in total. The highest BCUT2D eigenvalue weighted by Gasteiger charge is 2.18. The van der Waals surface area contributed by atoms with Gasteiger partial charge in [-0.25, -0.2) is 0 Å². The fourth-order valence-corrected chi connectivity index (χ4v) is 3.49. The van der Waals surface area contributed by atoms with Crippen LogP contribution in [-0.2, 0) is 11.3 Å². The standard InChI is InChI=1S/C25H36ClN3O2.ClH/c1-4-5-6-7-8-9-10-17-31-20-29(2,3)19-21-18-24(15-16-25(21)30)28-27-23-13-11-22(26)12-14-23;/h11-16,18H,4-10,17,19-20H2,1-3H3;1H. The molecule has 0 spiro atoms. The highest BCUT2D eigenvalue weighted by Crippen LogP contribution is 2.27. The molecule has 2 rings (SSSR count). The Hall–Kier alpha value is -1.66. The smallest absolute Gasteiger partial charge is 0.182 e. The number of halogens is 2. The van der Waals surface area contributed by atoms with E-state index in [0.29, 0.717) is 28.5 Å². The van der Waals surface area contributed by atoms with Gasteiger partial charge in [-0.2, -0.15) is 10.2 Å². The quantitative estimate of drug-likeness (QED) is 0.183. The minimum Gasteiger partial charge on any atom is -1.00 e. The van der Waals surface area contributed by atoms with Crippen molar-refractivity contribution in [3.05, 3.63) is 53.1 Å². The van der Waals surface area contributed by atoms with Gasteiger partial charge in [0.2, 0.25) is 0 Å². The van der Waals surface area contributed by atoms with Gasteiger partial charge in [-0.05, 0) is 48.9 Å². The fourth-order valence-electron chi connectivity index (χ4n) is 3.36. The normalized spacial score (nSPS) is 11.6. The summed E-state index contributed by atoms with van der Waals surface area (Å²) in [6.07, 6.45) is 8.96. The van der Waals surface area contributed by atoms with Crippen LogP contribution in [0.2, 0.25) is 5.02 Å². The number of aromatic hydroxyl groups is 1. The van der Waals surface area contributed by atoms with Crippen LogP contribution in [0.4, 0.5) is 11.4 Å². The molecule has 0 aliphatic rings. The molecule has 178 valence electrons. The molecule has 0 amide bonds. The van der Waals surface area contributed by atoms with Gasteiger partial charge in [0, 0.05) is 5.02 Å². The Labute approximate surface area is 204 Å². The number of hydrogen-bond donors (Lipinski definition) is 1. The summed E-state index contributed by atoms with van der Waals surface area (Å²) < 4.78 is 6.55. The number of hydrogen-bond acceptors (Lipinski definition) is 4. The number of ether oxygens (including phenoxy) is 1. The maximum absolute atomic E-state index is 10.3. The summed E-state index contributed by atoms with van der Waals surface area (Å²) >= 11 is 5.90. The summed E-state index contributed by atoms with van der Waals surface area (Å²) in [4.78, 5) is 0. The van der Waals surface area contributed by atoms with Crippen LogP contribution in [0.3, 0.4) is 0 Å². The minimum atomic E-state index is 0. The Kier molecular flexibility index (Phi) is 13.5. The van der Waals surface area contributed by atoms with Crippen LogP contribution < -0.4 is 12.4 Å². The topological polar surface area (TPSA) is 54.2 Å².